The molecule has 0 saturated carbocycles. The Morgan fingerprint density at radius 3 is 2.52 bits per heavy atom. The molecular weight excluding hydrogens is 388 g/mol. The predicted molar refractivity (Wildman–Crippen MR) is 104 cm³/mol. The quantitative estimate of drug-likeness (QED) is 0.496. The highest BCUT2D eigenvalue weighted by atomic mass is 32.2. The van der Waals surface area contributed by atoms with Gasteiger partial charge in [-0.1, -0.05) is 29.5 Å². The molecule has 2 heterocycles. The Bertz CT molecular complexity index is 1100. The Labute approximate surface area is 160 Å². The van der Waals surface area contributed by atoms with Gasteiger partial charge in [-0.3, -0.25) is 10.1 Å². The zero-order valence-corrected chi connectivity index (χ0v) is 16.6. The number of hydrogen-bond donors (Lipinski definition) is 1. The smallest absolute Gasteiger partial charge is 0.304 e. The third-order valence-corrected chi connectivity index (χ3v) is 7.00. The first kappa shape index (κ1) is 19.1. The molecule has 1 aromatic carbocycles. The summed E-state index contributed by atoms with van der Waals surface area (Å²) in [5, 5.41) is 19.0. The highest BCUT2D eigenvalue weighted by Gasteiger charge is 2.24. The number of benzene rings is 1. The first-order valence-electron chi connectivity index (χ1n) is 8.01. The van der Waals surface area contributed by atoms with Crippen molar-refractivity contribution in [1.82, 2.24) is 9.78 Å². The highest BCUT2D eigenvalue weighted by molar-refractivity contribution is 7.92. The summed E-state index contributed by atoms with van der Waals surface area (Å²) in [5.74, 6) is 0. The van der Waals surface area contributed by atoms with Crippen molar-refractivity contribution < 1.29 is 13.3 Å². The molecule has 0 bridgehead atoms. The molecular formula is C17H18N4O4S2. The number of aryl methyl sites for hydroxylation is 1. The molecule has 10 heteroatoms. The number of nitrogens with zero attached hydrogens (tertiary/aromatic N) is 3. The van der Waals surface area contributed by atoms with Gasteiger partial charge in [0.25, 0.3) is 0 Å². The zero-order valence-electron chi connectivity index (χ0n) is 15.0. The van der Waals surface area contributed by atoms with E-state index >= 15 is 0 Å². The number of nitrogens with one attached hydrogen (secondary N) is 1. The number of nitro groups is 1. The van der Waals surface area contributed by atoms with E-state index in [2.05, 4.69) is 10.4 Å². The largest absolute Gasteiger partial charge is 0.367 e. The Kier molecular flexibility index (Phi) is 5.03. The molecule has 0 amide bonds. The van der Waals surface area contributed by atoms with Crippen LogP contribution in [0.5, 0.6) is 0 Å². The van der Waals surface area contributed by atoms with Gasteiger partial charge in [0.15, 0.2) is 14.8 Å². The van der Waals surface area contributed by atoms with Gasteiger partial charge in [0.1, 0.15) is 4.21 Å². The van der Waals surface area contributed by atoms with Crippen LogP contribution >= 0.6 is 11.3 Å². The molecule has 27 heavy (non-hydrogen) atoms. The SMILES string of the molecule is Cc1nn(-c2ccccc2)c(C)c1CNc1sc(S(C)(=O)=O)cc1[N+](=O)[O-]. The van der Waals surface area contributed by atoms with Gasteiger partial charge in [0.2, 0.25) is 0 Å². The second-order valence-electron chi connectivity index (χ2n) is 6.06. The third-order valence-electron chi connectivity index (χ3n) is 4.12. The lowest BCUT2D eigenvalue weighted by atomic mass is 10.2. The first-order chi connectivity index (χ1) is 12.7. The van der Waals surface area contributed by atoms with E-state index in [1.165, 1.54) is 0 Å². The maximum atomic E-state index is 11.7. The average Bonchev–Trinajstić information content (AvgIpc) is 3.16. The normalized spacial score (nSPS) is 11.5. The summed E-state index contributed by atoms with van der Waals surface area (Å²) >= 11 is 0.861. The summed E-state index contributed by atoms with van der Waals surface area (Å²) in [6.45, 7) is 4.10. The molecule has 3 aromatic rings. The van der Waals surface area contributed by atoms with E-state index in [1.807, 2.05) is 48.9 Å². The van der Waals surface area contributed by atoms with Crippen molar-refractivity contribution in [3.05, 3.63) is 63.5 Å². The minimum absolute atomic E-state index is 0.0369. The molecule has 8 nitrogen and oxygen atoms in total. The summed E-state index contributed by atoms with van der Waals surface area (Å²) in [7, 11) is -3.51. The van der Waals surface area contributed by atoms with Crippen LogP contribution in [-0.2, 0) is 16.4 Å². The predicted octanol–water partition coefficient (Wildman–Crippen LogP) is 3.47. The van der Waals surface area contributed by atoms with Crippen molar-refractivity contribution in [2.75, 3.05) is 11.6 Å². The monoisotopic (exact) mass is 406 g/mol. The first-order valence-corrected chi connectivity index (χ1v) is 10.7. The average molecular weight is 406 g/mol. The number of thiophene rings is 1. The van der Waals surface area contributed by atoms with Crippen LogP contribution in [0, 0.1) is 24.0 Å². The maximum Gasteiger partial charge on any atom is 0.304 e. The van der Waals surface area contributed by atoms with E-state index < -0.39 is 14.8 Å². The van der Waals surface area contributed by atoms with Crippen LogP contribution in [0.2, 0.25) is 0 Å². The minimum Gasteiger partial charge on any atom is -0.367 e. The van der Waals surface area contributed by atoms with Gasteiger partial charge in [-0.15, -0.1) is 0 Å². The molecule has 0 aliphatic rings. The van der Waals surface area contributed by atoms with Crippen molar-refractivity contribution >= 4 is 31.9 Å². The lowest BCUT2D eigenvalue weighted by molar-refractivity contribution is -0.383. The molecule has 3 rings (SSSR count). The molecule has 1 N–H and O–H groups in total. The topological polar surface area (TPSA) is 107 Å². The maximum absolute atomic E-state index is 11.7. The summed E-state index contributed by atoms with van der Waals surface area (Å²) < 4.78 is 25.2. The molecule has 0 saturated heterocycles. The van der Waals surface area contributed by atoms with Crippen molar-refractivity contribution in [1.29, 1.82) is 0 Å². The van der Waals surface area contributed by atoms with Gasteiger partial charge in [-0.05, 0) is 26.0 Å². The number of para-hydroxylation sites is 1. The van der Waals surface area contributed by atoms with Gasteiger partial charge >= 0.3 is 5.69 Å². The second kappa shape index (κ2) is 7.12. The van der Waals surface area contributed by atoms with E-state index in [-0.39, 0.29) is 14.9 Å². The van der Waals surface area contributed by atoms with Crippen LogP contribution in [0.25, 0.3) is 5.69 Å². The van der Waals surface area contributed by atoms with E-state index in [1.54, 1.807) is 0 Å². The fourth-order valence-electron chi connectivity index (χ4n) is 2.72. The summed E-state index contributed by atoms with van der Waals surface area (Å²) in [6, 6.07) is 10.7. The third kappa shape index (κ3) is 3.86. The number of anilines is 1. The van der Waals surface area contributed by atoms with Crippen molar-refractivity contribution in [2.24, 2.45) is 0 Å². The van der Waals surface area contributed by atoms with Crippen LogP contribution in [-0.4, -0.2) is 29.4 Å². The van der Waals surface area contributed by atoms with Gasteiger partial charge in [-0.2, -0.15) is 5.10 Å². The van der Waals surface area contributed by atoms with E-state index in [9.17, 15) is 18.5 Å². The van der Waals surface area contributed by atoms with Gasteiger partial charge in [0, 0.05) is 30.1 Å². The van der Waals surface area contributed by atoms with Crippen LogP contribution in [0.1, 0.15) is 17.0 Å². The van der Waals surface area contributed by atoms with Crippen LogP contribution in [0.3, 0.4) is 0 Å². The van der Waals surface area contributed by atoms with Crippen LogP contribution in [0.4, 0.5) is 10.7 Å². The number of rotatable bonds is 6. The van der Waals surface area contributed by atoms with Gasteiger partial charge in [-0.25, -0.2) is 13.1 Å². The molecule has 0 spiro atoms. The fraction of sp³-hybridized carbons (Fsp3) is 0.235. The Hall–Kier alpha value is -2.72. The Morgan fingerprint density at radius 1 is 1.26 bits per heavy atom. The molecule has 0 radical (unpaired) electrons. The molecule has 0 fully saturated rings. The molecule has 142 valence electrons. The molecule has 0 aliphatic heterocycles. The van der Waals surface area contributed by atoms with E-state index in [0.717, 1.165) is 46.3 Å². The fourth-order valence-corrected chi connectivity index (χ4v) is 4.66. The molecule has 2 aromatic heterocycles. The second-order valence-corrected chi connectivity index (χ2v) is 9.35. The lowest BCUT2D eigenvalue weighted by Crippen LogP contribution is -2.03. The summed E-state index contributed by atoms with van der Waals surface area (Å²) in [5.41, 5.74) is 3.29. The Balaban J connectivity index is 1.91. The van der Waals surface area contributed by atoms with Crippen LogP contribution in [0.15, 0.2) is 40.6 Å². The number of aromatic nitrogens is 2. The number of sulfone groups is 1. The number of hydrogen-bond acceptors (Lipinski definition) is 7. The van der Waals surface area contributed by atoms with Crippen LogP contribution < -0.4 is 5.32 Å². The van der Waals surface area contributed by atoms with Gasteiger partial charge < -0.3 is 5.32 Å². The Morgan fingerprint density at radius 2 is 1.93 bits per heavy atom. The van der Waals surface area contributed by atoms with Gasteiger partial charge in [0.05, 0.1) is 16.3 Å². The zero-order chi connectivity index (χ0) is 19.8. The van der Waals surface area contributed by atoms with Crippen molar-refractivity contribution in [3.63, 3.8) is 0 Å². The lowest BCUT2D eigenvalue weighted by Gasteiger charge is -2.06. The van der Waals surface area contributed by atoms with E-state index in [0.29, 0.717) is 6.54 Å². The van der Waals surface area contributed by atoms with Crippen molar-refractivity contribution in [2.45, 2.75) is 24.6 Å². The molecule has 0 atom stereocenters. The summed E-state index contributed by atoms with van der Waals surface area (Å²) in [6.07, 6.45) is 1.03. The standard InChI is InChI=1S/C17H18N4O4S2/c1-11-14(12(2)20(19-11)13-7-5-4-6-8-13)10-18-17-15(21(22)23)9-16(26-17)27(3,24)25/h4-9,18H,10H2,1-3H3. The summed E-state index contributed by atoms with van der Waals surface area (Å²) in [4.78, 5) is 10.7. The van der Waals surface area contributed by atoms with Crippen molar-refractivity contribution in [3.8, 4) is 5.69 Å². The van der Waals surface area contributed by atoms with E-state index in [4.69, 9.17) is 0 Å². The minimum atomic E-state index is -3.51. The highest BCUT2D eigenvalue weighted by Crippen LogP contribution is 2.37. The molecule has 0 aliphatic carbocycles. The molecule has 0 unspecified atom stereocenters.